The summed E-state index contributed by atoms with van der Waals surface area (Å²) in [5.74, 6) is 1.69. The topological polar surface area (TPSA) is 41.6 Å². The Bertz CT molecular complexity index is 754. The van der Waals surface area contributed by atoms with Crippen molar-refractivity contribution in [3.63, 3.8) is 0 Å². The van der Waals surface area contributed by atoms with E-state index in [1.807, 2.05) is 54.3 Å². The van der Waals surface area contributed by atoms with Crippen molar-refractivity contribution >= 4 is 35.1 Å². The number of thioether (sulfide) groups is 1. The summed E-state index contributed by atoms with van der Waals surface area (Å²) in [6.45, 7) is 2.66. The lowest BCUT2D eigenvalue weighted by atomic mass is 10.2. The second kappa shape index (κ2) is 7.36. The molecule has 1 atom stereocenters. The Hall–Kier alpha value is -1.85. The first kappa shape index (κ1) is 17.0. The fourth-order valence-corrected chi connectivity index (χ4v) is 4.15. The van der Waals surface area contributed by atoms with Crippen molar-refractivity contribution in [3.8, 4) is 5.75 Å². The van der Waals surface area contributed by atoms with Crippen molar-refractivity contribution in [2.24, 2.45) is 0 Å². The van der Waals surface area contributed by atoms with Crippen LogP contribution in [0.4, 0.5) is 10.5 Å². The van der Waals surface area contributed by atoms with Gasteiger partial charge in [0.05, 0.1) is 7.11 Å². The van der Waals surface area contributed by atoms with Crippen LogP contribution in [0.5, 0.6) is 5.75 Å². The highest BCUT2D eigenvalue weighted by atomic mass is 35.5. The van der Waals surface area contributed by atoms with Gasteiger partial charge in [0.15, 0.2) is 0 Å². The minimum Gasteiger partial charge on any atom is -0.497 e. The van der Waals surface area contributed by atoms with Gasteiger partial charge in [-0.2, -0.15) is 0 Å². The first-order valence-corrected chi connectivity index (χ1v) is 9.10. The molecule has 1 aliphatic heterocycles. The second-order valence-electron chi connectivity index (χ2n) is 5.58. The first-order chi connectivity index (χ1) is 11.6. The van der Waals surface area contributed by atoms with E-state index in [4.69, 9.17) is 16.3 Å². The maximum atomic E-state index is 12.7. The Kier molecular flexibility index (Phi) is 5.21. The number of hydrogen-bond donors (Lipinski definition) is 1. The molecule has 0 aliphatic carbocycles. The van der Waals surface area contributed by atoms with Gasteiger partial charge in [-0.05, 0) is 48.4 Å². The number of urea groups is 1. The average Bonchev–Trinajstić information content (AvgIpc) is 3.06. The molecule has 1 fully saturated rings. The zero-order valence-corrected chi connectivity index (χ0v) is 15.2. The second-order valence-corrected chi connectivity index (χ2v) is 7.21. The number of nitrogens with one attached hydrogen (secondary N) is 1. The lowest BCUT2D eigenvalue weighted by molar-refractivity contribution is 0.214. The summed E-state index contributed by atoms with van der Waals surface area (Å²) in [5, 5.41) is 3.68. The molecule has 4 nitrogen and oxygen atoms in total. The van der Waals surface area contributed by atoms with Crippen molar-refractivity contribution in [1.29, 1.82) is 0 Å². The lowest BCUT2D eigenvalue weighted by Gasteiger charge is -2.25. The molecule has 3 rings (SSSR count). The van der Waals surface area contributed by atoms with E-state index in [0.29, 0.717) is 11.6 Å². The molecule has 126 valence electrons. The van der Waals surface area contributed by atoms with Crippen LogP contribution in [0.2, 0.25) is 5.02 Å². The molecule has 2 aromatic carbocycles. The van der Waals surface area contributed by atoms with Crippen LogP contribution >= 0.6 is 23.4 Å². The van der Waals surface area contributed by atoms with Gasteiger partial charge in [0, 0.05) is 23.0 Å². The number of ether oxygens (including phenoxy) is 1. The Morgan fingerprint density at radius 3 is 2.88 bits per heavy atom. The number of methoxy groups -OCH3 is 1. The standard InChI is InChI=1S/C18H19ClN2O2S/c1-12-10-15(23-2)6-7-16(12)20-18(22)21-8-9-24-17(21)13-4-3-5-14(19)11-13/h3-7,10-11,17H,8-9H2,1-2H3,(H,20,22). The predicted molar refractivity (Wildman–Crippen MR) is 100 cm³/mol. The zero-order valence-electron chi connectivity index (χ0n) is 13.6. The van der Waals surface area contributed by atoms with E-state index in [2.05, 4.69) is 5.32 Å². The number of halogens is 1. The molecule has 2 aromatic rings. The molecule has 0 saturated carbocycles. The Balaban J connectivity index is 1.76. The van der Waals surface area contributed by atoms with Gasteiger partial charge in [0.2, 0.25) is 0 Å². The quantitative estimate of drug-likeness (QED) is 0.841. The van der Waals surface area contributed by atoms with Crippen LogP contribution in [0.25, 0.3) is 0 Å². The van der Waals surface area contributed by atoms with E-state index in [1.54, 1.807) is 18.9 Å². The summed E-state index contributed by atoms with van der Waals surface area (Å²) in [6.07, 6.45) is 0. The minimum absolute atomic E-state index is 0.0118. The molecule has 1 aliphatic rings. The van der Waals surface area contributed by atoms with Crippen molar-refractivity contribution in [1.82, 2.24) is 4.90 Å². The number of aryl methyl sites for hydroxylation is 1. The number of benzene rings is 2. The van der Waals surface area contributed by atoms with Gasteiger partial charge < -0.3 is 15.0 Å². The number of anilines is 1. The fraction of sp³-hybridized carbons (Fsp3) is 0.278. The molecule has 1 unspecified atom stereocenters. The normalized spacial score (nSPS) is 17.0. The Morgan fingerprint density at radius 1 is 1.33 bits per heavy atom. The van der Waals surface area contributed by atoms with Crippen molar-refractivity contribution in [2.75, 3.05) is 24.7 Å². The Morgan fingerprint density at radius 2 is 2.17 bits per heavy atom. The molecular weight excluding hydrogens is 344 g/mol. The van der Waals surface area contributed by atoms with E-state index in [-0.39, 0.29) is 11.4 Å². The summed E-state index contributed by atoms with van der Waals surface area (Å²) in [7, 11) is 1.63. The van der Waals surface area contributed by atoms with E-state index < -0.39 is 0 Å². The minimum atomic E-state index is -0.0988. The van der Waals surface area contributed by atoms with Gasteiger partial charge in [0.25, 0.3) is 0 Å². The predicted octanol–water partition coefficient (Wildman–Crippen LogP) is 4.94. The summed E-state index contributed by atoms with van der Waals surface area (Å²) in [4.78, 5) is 14.6. The van der Waals surface area contributed by atoms with Gasteiger partial charge in [0.1, 0.15) is 11.1 Å². The largest absolute Gasteiger partial charge is 0.497 e. The SMILES string of the molecule is COc1ccc(NC(=O)N2CCSC2c2cccc(Cl)c2)c(C)c1. The van der Waals surface area contributed by atoms with E-state index in [9.17, 15) is 4.79 Å². The molecule has 0 radical (unpaired) electrons. The summed E-state index contributed by atoms with van der Waals surface area (Å²) in [6, 6.07) is 13.2. The third kappa shape index (κ3) is 3.62. The van der Waals surface area contributed by atoms with Gasteiger partial charge >= 0.3 is 6.03 Å². The summed E-state index contributed by atoms with van der Waals surface area (Å²) < 4.78 is 5.20. The number of carbonyl (C=O) groups excluding carboxylic acids is 1. The first-order valence-electron chi connectivity index (χ1n) is 7.68. The van der Waals surface area contributed by atoms with E-state index in [1.165, 1.54) is 0 Å². The number of carbonyl (C=O) groups is 1. The third-order valence-corrected chi connectivity index (χ3v) is 5.46. The summed E-state index contributed by atoms with van der Waals surface area (Å²) in [5.41, 5.74) is 2.81. The molecule has 1 heterocycles. The summed E-state index contributed by atoms with van der Waals surface area (Å²) >= 11 is 7.84. The fourth-order valence-electron chi connectivity index (χ4n) is 2.70. The van der Waals surface area contributed by atoms with Crippen LogP contribution < -0.4 is 10.1 Å². The lowest BCUT2D eigenvalue weighted by Crippen LogP contribution is -2.34. The molecule has 6 heteroatoms. The Labute approximate surface area is 151 Å². The van der Waals surface area contributed by atoms with E-state index in [0.717, 1.165) is 28.3 Å². The van der Waals surface area contributed by atoms with Crippen LogP contribution in [0, 0.1) is 6.92 Å². The molecule has 0 bridgehead atoms. The van der Waals surface area contributed by atoms with Gasteiger partial charge in [-0.15, -0.1) is 11.8 Å². The molecule has 1 saturated heterocycles. The van der Waals surface area contributed by atoms with Crippen LogP contribution in [-0.2, 0) is 0 Å². The van der Waals surface area contributed by atoms with Crippen LogP contribution in [-0.4, -0.2) is 30.3 Å². The monoisotopic (exact) mass is 362 g/mol. The van der Waals surface area contributed by atoms with Crippen LogP contribution in [0.1, 0.15) is 16.5 Å². The molecule has 2 amide bonds. The van der Waals surface area contributed by atoms with Gasteiger partial charge in [-0.3, -0.25) is 0 Å². The maximum absolute atomic E-state index is 12.7. The smallest absolute Gasteiger partial charge is 0.323 e. The van der Waals surface area contributed by atoms with Crippen LogP contribution in [0.3, 0.4) is 0 Å². The van der Waals surface area contributed by atoms with Gasteiger partial charge in [-0.25, -0.2) is 4.79 Å². The molecular formula is C18H19ClN2O2S. The third-order valence-electron chi connectivity index (χ3n) is 3.96. The number of rotatable bonds is 3. The molecule has 0 spiro atoms. The van der Waals surface area contributed by atoms with Gasteiger partial charge in [-0.1, -0.05) is 23.7 Å². The number of nitrogens with zero attached hydrogens (tertiary/aromatic N) is 1. The van der Waals surface area contributed by atoms with E-state index >= 15 is 0 Å². The highest BCUT2D eigenvalue weighted by molar-refractivity contribution is 7.99. The highest BCUT2D eigenvalue weighted by Crippen LogP contribution is 2.39. The molecule has 0 aromatic heterocycles. The van der Waals surface area contributed by atoms with Crippen molar-refractivity contribution in [2.45, 2.75) is 12.3 Å². The number of amides is 2. The molecule has 1 N–H and O–H groups in total. The number of hydrogen-bond acceptors (Lipinski definition) is 3. The molecule has 24 heavy (non-hydrogen) atoms. The maximum Gasteiger partial charge on any atom is 0.323 e. The average molecular weight is 363 g/mol. The van der Waals surface area contributed by atoms with Crippen molar-refractivity contribution in [3.05, 3.63) is 58.6 Å². The zero-order chi connectivity index (χ0) is 17.1. The van der Waals surface area contributed by atoms with Crippen LogP contribution in [0.15, 0.2) is 42.5 Å². The van der Waals surface area contributed by atoms with Crippen molar-refractivity contribution < 1.29 is 9.53 Å². The highest BCUT2D eigenvalue weighted by Gasteiger charge is 2.31.